The highest BCUT2D eigenvalue weighted by Crippen LogP contribution is 2.38. The number of rotatable bonds is 7. The maximum absolute atomic E-state index is 13.4. The van der Waals surface area contributed by atoms with E-state index in [0.717, 1.165) is 55.2 Å². The van der Waals surface area contributed by atoms with Crippen LogP contribution >= 0.6 is 11.6 Å². The van der Waals surface area contributed by atoms with Gasteiger partial charge in [-0.15, -0.1) is 0 Å². The summed E-state index contributed by atoms with van der Waals surface area (Å²) in [6.07, 6.45) is 1.25. The third-order valence-electron chi connectivity index (χ3n) is 6.99. The molecule has 9 heteroatoms. The van der Waals surface area contributed by atoms with Crippen molar-refractivity contribution in [2.75, 3.05) is 13.1 Å². The van der Waals surface area contributed by atoms with Gasteiger partial charge in [0.05, 0.1) is 28.4 Å². The summed E-state index contributed by atoms with van der Waals surface area (Å²) in [6.45, 7) is 8.67. The largest absolute Gasteiger partial charge is 0.417 e. The van der Waals surface area contributed by atoms with E-state index in [4.69, 9.17) is 11.6 Å². The first kappa shape index (κ1) is 26.2. The molecule has 1 N–H and O–H groups in total. The summed E-state index contributed by atoms with van der Waals surface area (Å²) >= 11 is 6.06. The summed E-state index contributed by atoms with van der Waals surface area (Å²) in [4.78, 5) is 15.6. The van der Waals surface area contributed by atoms with Gasteiger partial charge in [0.15, 0.2) is 0 Å². The first-order valence-electron chi connectivity index (χ1n) is 12.1. The van der Waals surface area contributed by atoms with Gasteiger partial charge in [-0.05, 0) is 70.0 Å². The minimum absolute atomic E-state index is 0.197. The zero-order valence-electron chi connectivity index (χ0n) is 20.6. The monoisotopic (exact) mass is 518 g/mol. The maximum Gasteiger partial charge on any atom is 0.417 e. The maximum atomic E-state index is 13.4. The molecule has 1 aromatic heterocycles. The van der Waals surface area contributed by atoms with Crippen LogP contribution in [0.2, 0.25) is 5.02 Å². The molecule has 1 atom stereocenters. The fourth-order valence-corrected chi connectivity index (χ4v) is 5.15. The molecule has 36 heavy (non-hydrogen) atoms. The van der Waals surface area contributed by atoms with E-state index in [1.54, 1.807) is 0 Å². The summed E-state index contributed by atoms with van der Waals surface area (Å²) in [6, 6.07) is 10.8. The van der Waals surface area contributed by atoms with Crippen molar-refractivity contribution in [2.24, 2.45) is 0 Å². The molecule has 1 fully saturated rings. The van der Waals surface area contributed by atoms with Crippen LogP contribution in [0.4, 0.5) is 13.2 Å². The van der Waals surface area contributed by atoms with Crippen molar-refractivity contribution in [3.8, 4) is 11.1 Å². The van der Waals surface area contributed by atoms with Crippen molar-refractivity contribution in [1.82, 2.24) is 20.0 Å². The third-order valence-corrected chi connectivity index (χ3v) is 7.39. The normalized spacial score (nSPS) is 15.8. The van der Waals surface area contributed by atoms with Gasteiger partial charge in [-0.3, -0.25) is 14.4 Å². The molecule has 2 heterocycles. The lowest BCUT2D eigenvalue weighted by Gasteiger charge is -2.42. The molecular formula is C27H30ClF3N4O. The quantitative estimate of drug-likeness (QED) is 0.384. The lowest BCUT2D eigenvalue weighted by atomic mass is 9.86. The fraction of sp³-hybridized carbons (Fsp3) is 0.407. The molecule has 1 aliphatic rings. The van der Waals surface area contributed by atoms with Gasteiger partial charge in [0.25, 0.3) is 5.91 Å². The number of likely N-dealkylation sites (tertiary alicyclic amines) is 1. The Morgan fingerprint density at radius 1 is 1.08 bits per heavy atom. The molecule has 2 aromatic carbocycles. The Balaban J connectivity index is 1.68. The number of hydrogen-bond acceptors (Lipinski definition) is 3. The lowest BCUT2D eigenvalue weighted by Crippen LogP contribution is -2.52. The Bertz CT molecular complexity index is 1210. The van der Waals surface area contributed by atoms with Crippen molar-refractivity contribution in [3.05, 3.63) is 76.6 Å². The molecule has 192 valence electrons. The number of halogens is 4. The Kier molecular flexibility index (Phi) is 7.48. The predicted octanol–water partition coefficient (Wildman–Crippen LogP) is 6.59. The smallest absolute Gasteiger partial charge is 0.343 e. The van der Waals surface area contributed by atoms with Gasteiger partial charge in [0, 0.05) is 23.8 Å². The molecule has 0 bridgehead atoms. The van der Waals surface area contributed by atoms with Crippen molar-refractivity contribution >= 4 is 17.5 Å². The number of nitrogens with zero attached hydrogens (tertiary/aromatic N) is 3. The standard InChI is InChI=1S/C27H30ClF3N4O/c1-4-35-17-20(16-32-35)18-10-12-19(13-11-18)24(26(2,3)34-14-5-6-15-34)33-25(36)21-8-7-9-22(23(21)28)27(29,30)31/h7-13,16-17,24H,4-6,14-15H2,1-3H3,(H,33,36). The van der Waals surface area contributed by atoms with E-state index in [2.05, 4.69) is 29.2 Å². The number of amides is 1. The molecular weight excluding hydrogens is 489 g/mol. The van der Waals surface area contributed by atoms with Crippen LogP contribution in [0.1, 0.15) is 61.1 Å². The number of alkyl halides is 3. The van der Waals surface area contributed by atoms with Gasteiger partial charge in [-0.2, -0.15) is 18.3 Å². The van der Waals surface area contributed by atoms with Crippen LogP contribution in [0.3, 0.4) is 0 Å². The molecule has 0 spiro atoms. The molecule has 4 rings (SSSR count). The zero-order chi connectivity index (χ0) is 26.1. The Morgan fingerprint density at radius 2 is 1.75 bits per heavy atom. The van der Waals surface area contributed by atoms with Crippen LogP contribution in [-0.4, -0.2) is 39.2 Å². The topological polar surface area (TPSA) is 50.2 Å². The van der Waals surface area contributed by atoms with Gasteiger partial charge in [-0.1, -0.05) is 41.9 Å². The van der Waals surface area contributed by atoms with Crippen LogP contribution in [0.15, 0.2) is 54.9 Å². The summed E-state index contributed by atoms with van der Waals surface area (Å²) in [5.74, 6) is -0.642. The molecule has 3 aromatic rings. The van der Waals surface area contributed by atoms with E-state index in [1.165, 1.54) is 12.1 Å². The van der Waals surface area contributed by atoms with E-state index in [0.29, 0.717) is 0 Å². The Morgan fingerprint density at radius 3 is 2.33 bits per heavy atom. The SMILES string of the molecule is CCn1cc(-c2ccc(C(NC(=O)c3cccc(C(F)(F)F)c3Cl)C(C)(C)N3CCCC3)cc2)cn1. The van der Waals surface area contributed by atoms with Crippen LogP contribution in [0, 0.1) is 0 Å². The number of hydrogen-bond donors (Lipinski definition) is 1. The van der Waals surface area contributed by atoms with Crippen LogP contribution < -0.4 is 5.32 Å². The Labute approximate surface area is 214 Å². The van der Waals surface area contributed by atoms with Crippen LogP contribution in [0.25, 0.3) is 11.1 Å². The molecule has 0 radical (unpaired) electrons. The lowest BCUT2D eigenvalue weighted by molar-refractivity contribution is -0.137. The summed E-state index contributed by atoms with van der Waals surface area (Å²) < 4.78 is 42.0. The highest BCUT2D eigenvalue weighted by atomic mass is 35.5. The minimum Gasteiger partial charge on any atom is -0.343 e. The molecule has 0 saturated carbocycles. The second-order valence-electron chi connectivity index (χ2n) is 9.63. The molecule has 1 saturated heterocycles. The van der Waals surface area contributed by atoms with Gasteiger partial charge in [0.1, 0.15) is 0 Å². The second-order valence-corrected chi connectivity index (χ2v) is 10.0. The molecule has 0 aliphatic carbocycles. The van der Waals surface area contributed by atoms with Crippen molar-refractivity contribution in [2.45, 2.75) is 57.9 Å². The van der Waals surface area contributed by atoms with E-state index in [-0.39, 0.29) is 5.56 Å². The van der Waals surface area contributed by atoms with Crippen molar-refractivity contribution in [3.63, 3.8) is 0 Å². The van der Waals surface area contributed by atoms with E-state index in [9.17, 15) is 18.0 Å². The second kappa shape index (κ2) is 10.3. The number of carbonyl (C=O) groups excluding carboxylic acids is 1. The van der Waals surface area contributed by atoms with Gasteiger partial charge in [0.2, 0.25) is 0 Å². The van der Waals surface area contributed by atoms with Crippen LogP contribution in [-0.2, 0) is 12.7 Å². The van der Waals surface area contributed by atoms with Crippen molar-refractivity contribution in [1.29, 1.82) is 0 Å². The van der Waals surface area contributed by atoms with E-state index < -0.39 is 34.3 Å². The van der Waals surface area contributed by atoms with Gasteiger partial charge >= 0.3 is 6.18 Å². The van der Waals surface area contributed by atoms with E-state index in [1.807, 2.05) is 48.3 Å². The molecule has 1 amide bonds. The summed E-state index contributed by atoms with van der Waals surface area (Å²) in [5.41, 5.74) is 1.12. The summed E-state index contributed by atoms with van der Waals surface area (Å²) in [5, 5.41) is 6.74. The minimum atomic E-state index is -4.65. The van der Waals surface area contributed by atoms with E-state index >= 15 is 0 Å². The first-order valence-corrected chi connectivity index (χ1v) is 12.4. The first-order chi connectivity index (χ1) is 17.0. The number of nitrogens with one attached hydrogen (secondary N) is 1. The van der Waals surface area contributed by atoms with Gasteiger partial charge < -0.3 is 5.32 Å². The molecule has 1 unspecified atom stereocenters. The summed E-state index contributed by atoms with van der Waals surface area (Å²) in [7, 11) is 0. The predicted molar refractivity (Wildman–Crippen MR) is 135 cm³/mol. The number of benzene rings is 2. The van der Waals surface area contributed by atoms with Crippen molar-refractivity contribution < 1.29 is 18.0 Å². The fourth-order valence-electron chi connectivity index (χ4n) is 4.83. The highest BCUT2D eigenvalue weighted by Gasteiger charge is 2.40. The number of carbonyl (C=O) groups is 1. The average Bonchev–Trinajstić information content (AvgIpc) is 3.55. The highest BCUT2D eigenvalue weighted by molar-refractivity contribution is 6.34. The van der Waals surface area contributed by atoms with Gasteiger partial charge in [-0.25, -0.2) is 0 Å². The average molecular weight is 519 g/mol. The number of aromatic nitrogens is 2. The molecule has 5 nitrogen and oxygen atoms in total. The Hall–Kier alpha value is -2.84. The molecule has 1 aliphatic heterocycles. The van der Waals surface area contributed by atoms with Crippen LogP contribution in [0.5, 0.6) is 0 Å². The number of aryl methyl sites for hydroxylation is 1. The third kappa shape index (κ3) is 5.30. The zero-order valence-corrected chi connectivity index (χ0v) is 21.3.